The number of thiazole rings is 1. The molecule has 3 aromatic rings. The van der Waals surface area contributed by atoms with Gasteiger partial charge < -0.3 is 5.32 Å². The second-order valence-electron chi connectivity index (χ2n) is 6.21. The number of hydrogen-bond acceptors (Lipinski definition) is 4. The van der Waals surface area contributed by atoms with Crippen LogP contribution in [0.15, 0.2) is 48.5 Å². The van der Waals surface area contributed by atoms with Gasteiger partial charge in [0, 0.05) is 10.7 Å². The Labute approximate surface area is 155 Å². The normalized spacial score (nSPS) is 17.9. The van der Waals surface area contributed by atoms with Crippen LogP contribution in [0, 0.1) is 0 Å². The van der Waals surface area contributed by atoms with Gasteiger partial charge in [-0.3, -0.25) is 9.69 Å². The highest BCUT2D eigenvalue weighted by atomic mass is 35.5. The lowest BCUT2D eigenvalue weighted by Gasteiger charge is -2.22. The number of nitrogens with zero attached hydrogens (tertiary/aromatic N) is 2. The summed E-state index contributed by atoms with van der Waals surface area (Å²) in [4.78, 5) is 19.4. The van der Waals surface area contributed by atoms with E-state index in [4.69, 9.17) is 16.6 Å². The third-order valence-electron chi connectivity index (χ3n) is 4.41. The van der Waals surface area contributed by atoms with Crippen LogP contribution in [0.4, 0.5) is 5.69 Å². The number of likely N-dealkylation sites (tertiary alicyclic amines) is 1. The van der Waals surface area contributed by atoms with Crippen molar-refractivity contribution in [2.75, 3.05) is 18.4 Å². The number of hydrogen-bond donors (Lipinski definition) is 1. The average Bonchev–Trinajstić information content (AvgIpc) is 3.20. The van der Waals surface area contributed by atoms with E-state index in [1.54, 1.807) is 23.5 Å². The van der Waals surface area contributed by atoms with Gasteiger partial charge in [0.05, 0.1) is 22.8 Å². The highest BCUT2D eigenvalue weighted by Gasteiger charge is 2.30. The molecule has 0 saturated carbocycles. The summed E-state index contributed by atoms with van der Waals surface area (Å²) >= 11 is 7.70. The Morgan fingerprint density at radius 3 is 3.00 bits per heavy atom. The first-order chi connectivity index (χ1) is 12.2. The van der Waals surface area contributed by atoms with Crippen LogP contribution in [0.1, 0.15) is 23.9 Å². The first-order valence-electron chi connectivity index (χ1n) is 8.34. The number of nitrogens with one attached hydrogen (secondary N) is 1. The molecule has 25 heavy (non-hydrogen) atoms. The van der Waals surface area contributed by atoms with Crippen molar-refractivity contribution < 1.29 is 4.79 Å². The number of benzene rings is 2. The van der Waals surface area contributed by atoms with Crippen LogP contribution >= 0.6 is 22.9 Å². The molecule has 0 aliphatic carbocycles. The Bertz CT molecular complexity index is 877. The van der Waals surface area contributed by atoms with Gasteiger partial charge in [0.15, 0.2) is 0 Å². The molecule has 1 saturated heterocycles. The van der Waals surface area contributed by atoms with Crippen LogP contribution in [0.5, 0.6) is 0 Å². The van der Waals surface area contributed by atoms with Gasteiger partial charge in [0.1, 0.15) is 5.01 Å². The Kier molecular flexibility index (Phi) is 4.70. The first-order valence-corrected chi connectivity index (χ1v) is 9.53. The van der Waals surface area contributed by atoms with E-state index < -0.39 is 0 Å². The topological polar surface area (TPSA) is 45.2 Å². The minimum Gasteiger partial charge on any atom is -0.325 e. The predicted molar refractivity (Wildman–Crippen MR) is 103 cm³/mol. The van der Waals surface area contributed by atoms with Crippen molar-refractivity contribution in [2.24, 2.45) is 0 Å². The lowest BCUT2D eigenvalue weighted by Crippen LogP contribution is -2.32. The number of carbonyl (C=O) groups is 1. The van der Waals surface area contributed by atoms with E-state index in [9.17, 15) is 4.79 Å². The Morgan fingerprint density at radius 2 is 2.16 bits per heavy atom. The summed E-state index contributed by atoms with van der Waals surface area (Å²) in [6, 6.07) is 15.6. The van der Waals surface area contributed by atoms with Gasteiger partial charge >= 0.3 is 0 Å². The number of aromatic nitrogens is 1. The van der Waals surface area contributed by atoms with E-state index in [2.05, 4.69) is 16.3 Å². The van der Waals surface area contributed by atoms with Gasteiger partial charge in [-0.1, -0.05) is 29.8 Å². The molecule has 2 aromatic carbocycles. The van der Waals surface area contributed by atoms with Gasteiger partial charge in [-0.2, -0.15) is 0 Å². The van der Waals surface area contributed by atoms with Crippen molar-refractivity contribution in [1.29, 1.82) is 0 Å². The molecule has 4 nitrogen and oxygen atoms in total. The van der Waals surface area contributed by atoms with E-state index in [1.165, 1.54) is 4.70 Å². The number of fused-ring (bicyclic) bond motifs is 1. The monoisotopic (exact) mass is 371 g/mol. The third kappa shape index (κ3) is 3.68. The molecule has 2 heterocycles. The van der Waals surface area contributed by atoms with Crippen molar-refractivity contribution in [2.45, 2.75) is 18.9 Å². The highest BCUT2D eigenvalue weighted by Crippen LogP contribution is 2.36. The molecular formula is C19H18ClN3OS. The number of halogens is 1. The fraction of sp³-hybridized carbons (Fsp3) is 0.263. The van der Waals surface area contributed by atoms with Crippen LogP contribution in [0.25, 0.3) is 10.2 Å². The Balaban J connectivity index is 1.46. The van der Waals surface area contributed by atoms with E-state index in [-0.39, 0.29) is 11.9 Å². The molecule has 1 aliphatic heterocycles. The van der Waals surface area contributed by atoms with Crippen molar-refractivity contribution in [1.82, 2.24) is 9.88 Å². The van der Waals surface area contributed by atoms with Crippen LogP contribution < -0.4 is 5.32 Å². The van der Waals surface area contributed by atoms with E-state index in [0.29, 0.717) is 11.6 Å². The molecule has 1 aliphatic rings. The zero-order valence-electron chi connectivity index (χ0n) is 13.6. The maximum absolute atomic E-state index is 12.4. The molecule has 6 heteroatoms. The number of amides is 1. The predicted octanol–water partition coefficient (Wildman–Crippen LogP) is 4.73. The molecule has 1 fully saturated rings. The largest absolute Gasteiger partial charge is 0.325 e. The SMILES string of the molecule is O=C(CN1CCC[C@@H]1c1nc2ccccc2s1)Nc1cccc(Cl)c1. The summed E-state index contributed by atoms with van der Waals surface area (Å²) in [6.45, 7) is 1.29. The molecule has 0 spiro atoms. The summed E-state index contributed by atoms with van der Waals surface area (Å²) in [5.74, 6) is -0.0183. The molecule has 1 aromatic heterocycles. The summed E-state index contributed by atoms with van der Waals surface area (Å²) in [5, 5.41) is 4.65. The Hall–Kier alpha value is -1.95. The number of anilines is 1. The van der Waals surface area contributed by atoms with Crippen molar-refractivity contribution in [3.05, 3.63) is 58.6 Å². The minimum atomic E-state index is -0.0183. The van der Waals surface area contributed by atoms with Crippen molar-refractivity contribution >= 4 is 44.7 Å². The van der Waals surface area contributed by atoms with Crippen molar-refractivity contribution in [3.63, 3.8) is 0 Å². The maximum atomic E-state index is 12.4. The van der Waals surface area contributed by atoms with Gasteiger partial charge in [0.2, 0.25) is 5.91 Å². The summed E-state index contributed by atoms with van der Waals surface area (Å²) in [7, 11) is 0. The summed E-state index contributed by atoms with van der Waals surface area (Å²) in [5.41, 5.74) is 1.77. The number of rotatable bonds is 4. The molecule has 1 atom stereocenters. The summed E-state index contributed by atoms with van der Waals surface area (Å²) < 4.78 is 1.20. The second kappa shape index (κ2) is 7.12. The van der Waals surface area contributed by atoms with E-state index >= 15 is 0 Å². The van der Waals surface area contributed by atoms with Crippen LogP contribution in [-0.2, 0) is 4.79 Å². The zero-order valence-corrected chi connectivity index (χ0v) is 15.2. The molecule has 4 rings (SSSR count). The first kappa shape index (κ1) is 16.5. The fourth-order valence-electron chi connectivity index (χ4n) is 3.28. The molecular weight excluding hydrogens is 354 g/mol. The molecule has 1 amide bonds. The zero-order chi connectivity index (χ0) is 17.2. The fourth-order valence-corrected chi connectivity index (χ4v) is 4.61. The highest BCUT2D eigenvalue weighted by molar-refractivity contribution is 7.18. The lowest BCUT2D eigenvalue weighted by atomic mass is 10.2. The van der Waals surface area contributed by atoms with Crippen molar-refractivity contribution in [3.8, 4) is 0 Å². The number of carbonyl (C=O) groups excluding carboxylic acids is 1. The number of para-hydroxylation sites is 1. The van der Waals surface area contributed by atoms with Gasteiger partial charge in [-0.25, -0.2) is 4.98 Å². The Morgan fingerprint density at radius 1 is 1.28 bits per heavy atom. The van der Waals surface area contributed by atoms with Crippen LogP contribution in [-0.4, -0.2) is 28.9 Å². The summed E-state index contributed by atoms with van der Waals surface area (Å²) in [6.07, 6.45) is 2.13. The molecule has 128 valence electrons. The maximum Gasteiger partial charge on any atom is 0.238 e. The second-order valence-corrected chi connectivity index (χ2v) is 7.71. The third-order valence-corrected chi connectivity index (χ3v) is 5.79. The quantitative estimate of drug-likeness (QED) is 0.721. The average molecular weight is 372 g/mol. The molecule has 0 radical (unpaired) electrons. The van der Waals surface area contributed by atoms with Crippen LogP contribution in [0.3, 0.4) is 0 Å². The van der Waals surface area contributed by atoms with E-state index in [1.807, 2.05) is 30.3 Å². The van der Waals surface area contributed by atoms with Gasteiger partial charge in [0.25, 0.3) is 0 Å². The molecule has 0 unspecified atom stereocenters. The molecule has 0 bridgehead atoms. The van der Waals surface area contributed by atoms with E-state index in [0.717, 1.165) is 35.6 Å². The van der Waals surface area contributed by atoms with Gasteiger partial charge in [-0.05, 0) is 49.7 Å². The lowest BCUT2D eigenvalue weighted by molar-refractivity contribution is -0.117. The minimum absolute atomic E-state index is 0.0183. The molecule has 1 N–H and O–H groups in total. The smallest absolute Gasteiger partial charge is 0.238 e. The standard InChI is InChI=1S/C19H18ClN3OS/c20-13-5-3-6-14(11-13)21-18(24)12-23-10-4-8-16(23)19-22-15-7-1-2-9-17(15)25-19/h1-3,5-7,9,11,16H,4,8,10,12H2,(H,21,24)/t16-/m1/s1. The van der Waals surface area contributed by atoms with Gasteiger partial charge in [-0.15, -0.1) is 11.3 Å². The van der Waals surface area contributed by atoms with Crippen LogP contribution in [0.2, 0.25) is 5.02 Å².